The van der Waals surface area contributed by atoms with Crippen molar-refractivity contribution >= 4 is 23.2 Å². The van der Waals surface area contributed by atoms with Crippen molar-refractivity contribution in [2.75, 3.05) is 18.4 Å². The van der Waals surface area contributed by atoms with Crippen molar-refractivity contribution in [2.45, 2.75) is 19.8 Å². The molecule has 1 aliphatic heterocycles. The third-order valence-electron chi connectivity index (χ3n) is 3.35. The van der Waals surface area contributed by atoms with Gasteiger partial charge in [-0.05, 0) is 38.4 Å². The predicted octanol–water partition coefficient (Wildman–Crippen LogP) is 2.81. The lowest BCUT2D eigenvalue weighted by Gasteiger charge is -2.32. The Kier molecular flexibility index (Phi) is 3.88. The van der Waals surface area contributed by atoms with Crippen LogP contribution in [0.4, 0.5) is 10.1 Å². The fraction of sp³-hybridized carbons (Fsp3) is 0.462. The van der Waals surface area contributed by atoms with E-state index in [4.69, 9.17) is 11.6 Å². The van der Waals surface area contributed by atoms with Crippen LogP contribution >= 0.6 is 11.6 Å². The first kappa shape index (κ1) is 13.3. The SMILES string of the molecule is CC1(C(=O)Nc2cccc(Cl)c2F)CCCNC1. The highest BCUT2D eigenvalue weighted by atomic mass is 35.5. The molecule has 18 heavy (non-hydrogen) atoms. The zero-order valence-electron chi connectivity index (χ0n) is 10.2. The molecule has 0 spiro atoms. The molecular weight excluding hydrogens is 255 g/mol. The molecule has 1 atom stereocenters. The fourth-order valence-corrected chi connectivity index (χ4v) is 2.30. The number of nitrogens with one attached hydrogen (secondary N) is 2. The normalized spacial score (nSPS) is 23.7. The van der Waals surface area contributed by atoms with E-state index >= 15 is 0 Å². The van der Waals surface area contributed by atoms with Gasteiger partial charge in [-0.15, -0.1) is 0 Å². The average molecular weight is 271 g/mol. The fourth-order valence-electron chi connectivity index (χ4n) is 2.12. The molecule has 0 saturated carbocycles. The van der Waals surface area contributed by atoms with Gasteiger partial charge >= 0.3 is 0 Å². The van der Waals surface area contributed by atoms with Gasteiger partial charge in [-0.2, -0.15) is 0 Å². The summed E-state index contributed by atoms with van der Waals surface area (Å²) in [5.74, 6) is -0.754. The average Bonchev–Trinajstić information content (AvgIpc) is 2.36. The van der Waals surface area contributed by atoms with Crippen LogP contribution in [-0.2, 0) is 4.79 Å². The second-order valence-corrected chi connectivity index (χ2v) is 5.30. The smallest absolute Gasteiger partial charge is 0.231 e. The van der Waals surface area contributed by atoms with Crippen molar-refractivity contribution in [1.29, 1.82) is 0 Å². The molecule has 1 aliphatic rings. The summed E-state index contributed by atoms with van der Waals surface area (Å²) in [6.07, 6.45) is 1.75. The Morgan fingerprint density at radius 2 is 2.33 bits per heavy atom. The third-order valence-corrected chi connectivity index (χ3v) is 3.64. The first-order chi connectivity index (χ1) is 8.53. The molecule has 1 aromatic rings. The summed E-state index contributed by atoms with van der Waals surface area (Å²) in [5, 5.41) is 5.82. The largest absolute Gasteiger partial charge is 0.323 e. The number of carbonyl (C=O) groups is 1. The Morgan fingerprint density at radius 3 is 3.00 bits per heavy atom. The lowest BCUT2D eigenvalue weighted by molar-refractivity contribution is -0.125. The van der Waals surface area contributed by atoms with Crippen LogP contribution in [0, 0.1) is 11.2 Å². The summed E-state index contributed by atoms with van der Waals surface area (Å²) >= 11 is 5.68. The molecule has 5 heteroatoms. The molecule has 98 valence electrons. The van der Waals surface area contributed by atoms with E-state index in [1.54, 1.807) is 6.07 Å². The number of anilines is 1. The molecule has 1 unspecified atom stereocenters. The van der Waals surface area contributed by atoms with Crippen LogP contribution in [0.25, 0.3) is 0 Å². The molecule has 1 heterocycles. The molecule has 2 rings (SSSR count). The topological polar surface area (TPSA) is 41.1 Å². The second kappa shape index (κ2) is 5.24. The van der Waals surface area contributed by atoms with Crippen LogP contribution in [0.2, 0.25) is 5.02 Å². The van der Waals surface area contributed by atoms with Gasteiger partial charge in [0.15, 0.2) is 5.82 Å². The summed E-state index contributed by atoms with van der Waals surface area (Å²) in [6, 6.07) is 4.58. The van der Waals surface area contributed by atoms with Gasteiger partial charge in [0.2, 0.25) is 5.91 Å². The summed E-state index contributed by atoms with van der Waals surface area (Å²) < 4.78 is 13.7. The third kappa shape index (κ3) is 2.65. The number of rotatable bonds is 2. The number of halogens is 2. The van der Waals surface area contributed by atoms with Crippen molar-refractivity contribution < 1.29 is 9.18 Å². The molecule has 1 saturated heterocycles. The van der Waals surface area contributed by atoms with Crippen molar-refractivity contribution in [3.8, 4) is 0 Å². The van der Waals surface area contributed by atoms with Crippen molar-refractivity contribution in [2.24, 2.45) is 5.41 Å². The minimum absolute atomic E-state index is 0.0136. The van der Waals surface area contributed by atoms with Gasteiger partial charge in [-0.1, -0.05) is 17.7 Å². The highest BCUT2D eigenvalue weighted by molar-refractivity contribution is 6.31. The molecule has 1 fully saturated rings. The molecule has 2 N–H and O–H groups in total. The molecular formula is C13H16ClFN2O. The minimum Gasteiger partial charge on any atom is -0.323 e. The maximum absolute atomic E-state index is 13.7. The molecule has 0 radical (unpaired) electrons. The Balaban J connectivity index is 2.13. The van der Waals surface area contributed by atoms with Gasteiger partial charge in [0.05, 0.1) is 16.1 Å². The standard InChI is InChI=1S/C13H16ClFN2O/c1-13(6-3-7-16-8-13)12(18)17-10-5-2-4-9(14)11(10)15/h2,4-5,16H,3,6-8H2,1H3,(H,17,18). The van der Waals surface area contributed by atoms with Crippen LogP contribution in [0.3, 0.4) is 0 Å². The summed E-state index contributed by atoms with van der Waals surface area (Å²) in [4.78, 5) is 12.2. The van der Waals surface area contributed by atoms with E-state index in [1.807, 2.05) is 6.92 Å². The van der Waals surface area contributed by atoms with Gasteiger partial charge in [-0.25, -0.2) is 4.39 Å². The Labute approximate surface area is 111 Å². The van der Waals surface area contributed by atoms with Crippen molar-refractivity contribution in [3.63, 3.8) is 0 Å². The zero-order chi connectivity index (χ0) is 13.2. The zero-order valence-corrected chi connectivity index (χ0v) is 11.0. The first-order valence-electron chi connectivity index (χ1n) is 5.99. The maximum Gasteiger partial charge on any atom is 0.231 e. The molecule has 0 aliphatic carbocycles. The maximum atomic E-state index is 13.7. The molecule has 1 aromatic carbocycles. The Bertz CT molecular complexity index is 458. The predicted molar refractivity (Wildman–Crippen MR) is 70.3 cm³/mol. The summed E-state index contributed by atoms with van der Waals surface area (Å²) in [6.45, 7) is 3.42. The number of benzene rings is 1. The van der Waals surface area contributed by atoms with E-state index in [1.165, 1.54) is 12.1 Å². The van der Waals surface area contributed by atoms with Crippen LogP contribution in [-0.4, -0.2) is 19.0 Å². The Morgan fingerprint density at radius 1 is 1.56 bits per heavy atom. The summed E-state index contributed by atoms with van der Waals surface area (Å²) in [5.41, 5.74) is -0.355. The number of carbonyl (C=O) groups excluding carboxylic acids is 1. The molecule has 3 nitrogen and oxygen atoms in total. The second-order valence-electron chi connectivity index (χ2n) is 4.90. The van der Waals surface area contributed by atoms with Crippen molar-refractivity contribution in [3.05, 3.63) is 29.0 Å². The molecule has 1 amide bonds. The van der Waals surface area contributed by atoms with Crippen LogP contribution in [0.15, 0.2) is 18.2 Å². The van der Waals surface area contributed by atoms with Crippen LogP contribution < -0.4 is 10.6 Å². The van der Waals surface area contributed by atoms with Gasteiger partial charge in [0.25, 0.3) is 0 Å². The number of hydrogen-bond acceptors (Lipinski definition) is 2. The first-order valence-corrected chi connectivity index (χ1v) is 6.37. The minimum atomic E-state index is -0.583. The number of amides is 1. The highest BCUT2D eigenvalue weighted by Gasteiger charge is 2.34. The number of piperidine rings is 1. The van der Waals surface area contributed by atoms with E-state index in [0.717, 1.165) is 19.4 Å². The summed E-state index contributed by atoms with van der Waals surface area (Å²) in [7, 11) is 0. The molecule has 0 bridgehead atoms. The van der Waals surface area contributed by atoms with Crippen LogP contribution in [0.5, 0.6) is 0 Å². The van der Waals surface area contributed by atoms with Gasteiger partial charge in [0, 0.05) is 6.54 Å². The lowest BCUT2D eigenvalue weighted by Crippen LogP contribution is -2.46. The van der Waals surface area contributed by atoms with E-state index < -0.39 is 11.2 Å². The number of hydrogen-bond donors (Lipinski definition) is 2. The van der Waals surface area contributed by atoms with Gasteiger partial charge < -0.3 is 10.6 Å². The Hall–Kier alpha value is -1.13. The lowest BCUT2D eigenvalue weighted by atomic mass is 9.82. The highest BCUT2D eigenvalue weighted by Crippen LogP contribution is 2.29. The van der Waals surface area contributed by atoms with Crippen molar-refractivity contribution in [1.82, 2.24) is 5.32 Å². The molecule has 0 aromatic heterocycles. The van der Waals surface area contributed by atoms with Gasteiger partial charge in [-0.3, -0.25) is 4.79 Å². The van der Waals surface area contributed by atoms with E-state index in [9.17, 15) is 9.18 Å². The monoisotopic (exact) mass is 270 g/mol. The van der Waals surface area contributed by atoms with Gasteiger partial charge in [0.1, 0.15) is 0 Å². The van der Waals surface area contributed by atoms with E-state index in [2.05, 4.69) is 10.6 Å². The van der Waals surface area contributed by atoms with E-state index in [0.29, 0.717) is 6.54 Å². The van der Waals surface area contributed by atoms with E-state index in [-0.39, 0.29) is 16.6 Å². The quantitative estimate of drug-likeness (QED) is 0.868. The van der Waals surface area contributed by atoms with Crippen LogP contribution in [0.1, 0.15) is 19.8 Å².